The molecule has 102 valence electrons. The highest BCUT2D eigenvalue weighted by atomic mass is 35.5. The number of hydrogen-bond donors (Lipinski definition) is 1. The molecule has 3 nitrogen and oxygen atoms in total. The summed E-state index contributed by atoms with van der Waals surface area (Å²) in [7, 11) is 0. The zero-order valence-corrected chi connectivity index (χ0v) is 12.0. The van der Waals surface area contributed by atoms with Gasteiger partial charge in [0.15, 0.2) is 0 Å². The van der Waals surface area contributed by atoms with E-state index in [-0.39, 0.29) is 18.5 Å². The number of nitrogens with one attached hydrogen (secondary N) is 1. The second-order valence-corrected chi connectivity index (χ2v) is 4.97. The van der Waals surface area contributed by atoms with Crippen molar-refractivity contribution in [2.24, 2.45) is 0 Å². The zero-order valence-electron chi connectivity index (χ0n) is 10.4. The van der Waals surface area contributed by atoms with Gasteiger partial charge in [0.1, 0.15) is 11.9 Å². The lowest BCUT2D eigenvalue weighted by Gasteiger charge is -2.24. The lowest BCUT2D eigenvalue weighted by molar-refractivity contribution is 0.164. The zero-order chi connectivity index (χ0) is 12.4. The van der Waals surface area contributed by atoms with Crippen LogP contribution >= 0.6 is 24.0 Å². The van der Waals surface area contributed by atoms with Crippen LogP contribution in [-0.4, -0.2) is 24.2 Å². The van der Waals surface area contributed by atoms with Gasteiger partial charge in [-0.05, 0) is 50.2 Å². The molecule has 1 aromatic heterocycles. The molecule has 2 aromatic rings. The molecule has 0 bridgehead atoms. The van der Waals surface area contributed by atoms with Crippen molar-refractivity contribution in [3.8, 4) is 5.75 Å². The van der Waals surface area contributed by atoms with Crippen molar-refractivity contribution in [3.05, 3.63) is 35.5 Å². The van der Waals surface area contributed by atoms with Crippen LogP contribution in [-0.2, 0) is 0 Å². The Morgan fingerprint density at radius 3 is 2.79 bits per heavy atom. The fourth-order valence-electron chi connectivity index (χ4n) is 2.29. The van der Waals surface area contributed by atoms with Crippen LogP contribution in [0.25, 0.3) is 10.9 Å². The van der Waals surface area contributed by atoms with Crippen LogP contribution in [0.5, 0.6) is 5.75 Å². The molecular formula is C14H16Cl2N2O. The first-order chi connectivity index (χ1) is 8.83. The van der Waals surface area contributed by atoms with Crippen LogP contribution in [0, 0.1) is 0 Å². The molecule has 0 aliphatic carbocycles. The van der Waals surface area contributed by atoms with Gasteiger partial charge >= 0.3 is 0 Å². The summed E-state index contributed by atoms with van der Waals surface area (Å²) in [6.07, 6.45) is 4.16. The smallest absolute Gasteiger partial charge is 0.130 e. The number of hydrogen-bond acceptors (Lipinski definition) is 3. The molecule has 1 aliphatic rings. The normalized spacial score (nSPS) is 16.1. The van der Waals surface area contributed by atoms with Gasteiger partial charge in [-0.2, -0.15) is 0 Å². The van der Waals surface area contributed by atoms with Crippen LogP contribution in [0.1, 0.15) is 12.8 Å². The highest BCUT2D eigenvalue weighted by Gasteiger charge is 2.15. The first-order valence-corrected chi connectivity index (χ1v) is 6.62. The average Bonchev–Trinajstić information content (AvgIpc) is 2.41. The SMILES string of the molecule is Cl.Clc1ccc2nccc(OC3CCNCC3)c2c1. The predicted octanol–water partition coefficient (Wildman–Crippen LogP) is 3.44. The molecule has 0 amide bonds. The van der Waals surface area contributed by atoms with Gasteiger partial charge in [0.25, 0.3) is 0 Å². The van der Waals surface area contributed by atoms with Crippen LogP contribution in [0.4, 0.5) is 0 Å². The highest BCUT2D eigenvalue weighted by molar-refractivity contribution is 6.31. The summed E-state index contributed by atoms with van der Waals surface area (Å²) in [5.74, 6) is 0.884. The first kappa shape index (κ1) is 14.4. The fraction of sp³-hybridized carbons (Fsp3) is 0.357. The molecule has 0 saturated carbocycles. The van der Waals surface area contributed by atoms with Gasteiger partial charge in [0, 0.05) is 16.6 Å². The van der Waals surface area contributed by atoms with Gasteiger partial charge in [-0.3, -0.25) is 4.98 Å². The number of halogens is 2. The van der Waals surface area contributed by atoms with Gasteiger partial charge in [-0.25, -0.2) is 0 Å². The summed E-state index contributed by atoms with van der Waals surface area (Å²) in [6, 6.07) is 7.61. The van der Waals surface area contributed by atoms with Crippen LogP contribution in [0.15, 0.2) is 30.5 Å². The van der Waals surface area contributed by atoms with Crippen molar-refractivity contribution in [1.29, 1.82) is 0 Å². The molecule has 2 heterocycles. The lowest BCUT2D eigenvalue weighted by Crippen LogP contribution is -2.34. The van der Waals surface area contributed by atoms with Crippen LogP contribution < -0.4 is 10.1 Å². The Balaban J connectivity index is 0.00000133. The van der Waals surface area contributed by atoms with E-state index in [0.717, 1.165) is 42.6 Å². The number of pyridine rings is 1. The summed E-state index contributed by atoms with van der Waals surface area (Å²) in [5, 5.41) is 5.04. The molecule has 3 rings (SSSR count). The van der Waals surface area contributed by atoms with Crippen molar-refractivity contribution in [3.63, 3.8) is 0 Å². The van der Waals surface area contributed by atoms with E-state index >= 15 is 0 Å². The number of benzene rings is 1. The lowest BCUT2D eigenvalue weighted by atomic mass is 10.1. The Morgan fingerprint density at radius 2 is 2.00 bits per heavy atom. The number of fused-ring (bicyclic) bond motifs is 1. The average molecular weight is 299 g/mol. The molecule has 1 N–H and O–H groups in total. The van der Waals surface area contributed by atoms with Gasteiger partial charge in [0.2, 0.25) is 0 Å². The largest absolute Gasteiger partial charge is 0.490 e. The molecular weight excluding hydrogens is 283 g/mol. The van der Waals surface area contributed by atoms with E-state index in [0.29, 0.717) is 5.02 Å². The maximum absolute atomic E-state index is 6.08. The van der Waals surface area contributed by atoms with E-state index in [1.165, 1.54) is 0 Å². The summed E-state index contributed by atoms with van der Waals surface area (Å²) in [4.78, 5) is 4.33. The number of aromatic nitrogens is 1. The molecule has 5 heteroatoms. The third kappa shape index (κ3) is 3.30. The Hall–Kier alpha value is -1.03. The number of piperidine rings is 1. The van der Waals surface area contributed by atoms with Gasteiger partial charge in [-0.1, -0.05) is 11.6 Å². The van der Waals surface area contributed by atoms with Crippen molar-refractivity contribution in [2.75, 3.05) is 13.1 Å². The third-order valence-electron chi connectivity index (χ3n) is 3.24. The Morgan fingerprint density at radius 1 is 1.21 bits per heavy atom. The van der Waals surface area contributed by atoms with E-state index in [9.17, 15) is 0 Å². The highest BCUT2D eigenvalue weighted by Crippen LogP contribution is 2.28. The minimum absolute atomic E-state index is 0. The summed E-state index contributed by atoms with van der Waals surface area (Å²) in [5.41, 5.74) is 0.922. The number of rotatable bonds is 2. The third-order valence-corrected chi connectivity index (χ3v) is 3.48. The maximum atomic E-state index is 6.08. The van der Waals surface area contributed by atoms with Crippen molar-refractivity contribution in [2.45, 2.75) is 18.9 Å². The maximum Gasteiger partial charge on any atom is 0.130 e. The second kappa shape index (κ2) is 6.42. The van der Waals surface area contributed by atoms with Gasteiger partial charge in [0.05, 0.1) is 5.52 Å². The van der Waals surface area contributed by atoms with E-state index in [1.807, 2.05) is 24.3 Å². The first-order valence-electron chi connectivity index (χ1n) is 6.24. The van der Waals surface area contributed by atoms with E-state index in [4.69, 9.17) is 16.3 Å². The summed E-state index contributed by atoms with van der Waals surface area (Å²) in [6.45, 7) is 2.04. The quantitative estimate of drug-likeness (QED) is 0.922. The molecule has 1 aliphatic heterocycles. The van der Waals surface area contributed by atoms with Crippen molar-refractivity contribution in [1.82, 2.24) is 10.3 Å². The van der Waals surface area contributed by atoms with E-state index < -0.39 is 0 Å². The molecule has 0 unspecified atom stereocenters. The Labute approximate surface area is 123 Å². The molecule has 0 atom stereocenters. The number of ether oxygens (including phenoxy) is 1. The second-order valence-electron chi connectivity index (χ2n) is 4.54. The Kier molecular flexibility index (Phi) is 4.86. The number of nitrogens with zero attached hydrogens (tertiary/aromatic N) is 1. The van der Waals surface area contributed by atoms with Crippen LogP contribution in [0.3, 0.4) is 0 Å². The molecule has 1 saturated heterocycles. The van der Waals surface area contributed by atoms with E-state index in [1.54, 1.807) is 6.20 Å². The van der Waals surface area contributed by atoms with Gasteiger partial charge < -0.3 is 10.1 Å². The van der Waals surface area contributed by atoms with Crippen molar-refractivity contribution >= 4 is 34.9 Å². The minimum Gasteiger partial charge on any atom is -0.490 e. The monoisotopic (exact) mass is 298 g/mol. The van der Waals surface area contributed by atoms with Crippen LogP contribution in [0.2, 0.25) is 5.02 Å². The minimum atomic E-state index is 0. The fourth-order valence-corrected chi connectivity index (χ4v) is 2.46. The predicted molar refractivity (Wildman–Crippen MR) is 80.5 cm³/mol. The molecule has 1 fully saturated rings. The molecule has 0 radical (unpaired) electrons. The summed E-state index contributed by atoms with van der Waals surface area (Å²) >= 11 is 6.04. The topological polar surface area (TPSA) is 34.1 Å². The van der Waals surface area contributed by atoms with E-state index in [2.05, 4.69) is 10.3 Å². The standard InChI is InChI=1S/C14H15ClN2O.ClH/c15-10-1-2-13-12(9-10)14(5-8-17-13)18-11-3-6-16-7-4-11;/h1-2,5,8-9,11,16H,3-4,6-7H2;1H. The van der Waals surface area contributed by atoms with Crippen molar-refractivity contribution < 1.29 is 4.74 Å². The Bertz CT molecular complexity index is 556. The molecule has 1 aromatic carbocycles. The van der Waals surface area contributed by atoms with Gasteiger partial charge in [-0.15, -0.1) is 12.4 Å². The molecule has 0 spiro atoms. The molecule has 19 heavy (non-hydrogen) atoms. The summed E-state index contributed by atoms with van der Waals surface area (Å²) < 4.78 is 6.08.